The lowest BCUT2D eigenvalue weighted by Gasteiger charge is -2.23. The Balaban J connectivity index is 2.82. The van der Waals surface area contributed by atoms with Crippen molar-refractivity contribution >= 4 is 5.91 Å². The summed E-state index contributed by atoms with van der Waals surface area (Å²) < 4.78 is 37.2. The van der Waals surface area contributed by atoms with Gasteiger partial charge in [0.05, 0.1) is 13.0 Å². The number of rotatable bonds is 5. The zero-order valence-corrected chi connectivity index (χ0v) is 11.5. The van der Waals surface area contributed by atoms with Crippen LogP contribution in [0.15, 0.2) is 18.2 Å². The van der Waals surface area contributed by atoms with Crippen LogP contribution in [0.1, 0.15) is 16.7 Å². The van der Waals surface area contributed by atoms with Gasteiger partial charge in [-0.2, -0.15) is 13.2 Å². The molecule has 1 aromatic rings. The second-order valence-electron chi connectivity index (χ2n) is 4.76. The molecule has 20 heavy (non-hydrogen) atoms. The van der Waals surface area contributed by atoms with Crippen molar-refractivity contribution in [2.24, 2.45) is 0 Å². The van der Waals surface area contributed by atoms with Crippen molar-refractivity contribution in [1.82, 2.24) is 4.90 Å². The summed E-state index contributed by atoms with van der Waals surface area (Å²) >= 11 is 0. The fraction of sp³-hybridized carbons (Fsp3) is 0.500. The van der Waals surface area contributed by atoms with E-state index in [0.717, 1.165) is 11.1 Å². The van der Waals surface area contributed by atoms with Gasteiger partial charge < -0.3 is 10.0 Å². The molecule has 0 atom stereocenters. The number of carbonyl (C=O) groups excluding carboxylic acids is 1. The van der Waals surface area contributed by atoms with Crippen LogP contribution in [0.3, 0.4) is 0 Å². The number of alkyl halides is 3. The highest BCUT2D eigenvalue weighted by molar-refractivity contribution is 5.79. The smallest absolute Gasteiger partial charge is 0.395 e. The molecular weight excluding hydrogens is 271 g/mol. The van der Waals surface area contributed by atoms with Crippen LogP contribution in [-0.2, 0) is 11.2 Å². The van der Waals surface area contributed by atoms with E-state index in [9.17, 15) is 18.0 Å². The molecule has 1 N–H and O–H groups in total. The molecule has 0 saturated heterocycles. The van der Waals surface area contributed by atoms with Crippen LogP contribution in [0.2, 0.25) is 0 Å². The molecular formula is C14H18F3NO2. The molecule has 3 nitrogen and oxygen atoms in total. The van der Waals surface area contributed by atoms with Crippen LogP contribution in [0.4, 0.5) is 13.2 Å². The quantitative estimate of drug-likeness (QED) is 0.903. The fourth-order valence-corrected chi connectivity index (χ4v) is 1.89. The molecule has 1 amide bonds. The zero-order valence-electron chi connectivity index (χ0n) is 11.5. The second-order valence-corrected chi connectivity index (χ2v) is 4.76. The van der Waals surface area contributed by atoms with Crippen LogP contribution in [-0.4, -0.2) is 41.8 Å². The topological polar surface area (TPSA) is 40.5 Å². The monoisotopic (exact) mass is 289 g/mol. The number of aliphatic hydroxyl groups is 1. The molecule has 0 fully saturated rings. The summed E-state index contributed by atoms with van der Waals surface area (Å²) in [4.78, 5) is 12.6. The number of hydrogen-bond donors (Lipinski definition) is 1. The third kappa shape index (κ3) is 5.21. The predicted octanol–water partition coefficient (Wildman–Crippen LogP) is 2.23. The number of benzene rings is 1. The summed E-state index contributed by atoms with van der Waals surface area (Å²) in [7, 11) is 0. The SMILES string of the molecule is Cc1ccc(C)c(CC(=O)N(CCO)CC(F)(F)F)c1. The largest absolute Gasteiger partial charge is 0.406 e. The molecule has 0 radical (unpaired) electrons. The minimum atomic E-state index is -4.47. The van der Waals surface area contributed by atoms with E-state index in [0.29, 0.717) is 10.5 Å². The van der Waals surface area contributed by atoms with Gasteiger partial charge in [-0.1, -0.05) is 23.8 Å². The van der Waals surface area contributed by atoms with Crippen LogP contribution in [0.25, 0.3) is 0 Å². The minimum Gasteiger partial charge on any atom is -0.395 e. The molecule has 6 heteroatoms. The Morgan fingerprint density at radius 2 is 1.95 bits per heavy atom. The first-order valence-corrected chi connectivity index (χ1v) is 6.24. The Kier molecular flexibility index (Phi) is 5.56. The Morgan fingerprint density at radius 3 is 2.50 bits per heavy atom. The zero-order chi connectivity index (χ0) is 15.3. The molecule has 1 aromatic carbocycles. The minimum absolute atomic E-state index is 0.0937. The molecule has 0 aliphatic heterocycles. The number of aryl methyl sites for hydroxylation is 2. The number of aliphatic hydroxyl groups excluding tert-OH is 1. The molecule has 0 bridgehead atoms. The average Bonchev–Trinajstić information content (AvgIpc) is 2.31. The summed E-state index contributed by atoms with van der Waals surface area (Å²) in [6.45, 7) is 1.52. The molecule has 0 aliphatic rings. The highest BCUT2D eigenvalue weighted by atomic mass is 19.4. The molecule has 0 unspecified atom stereocenters. The molecule has 0 saturated carbocycles. The summed E-state index contributed by atoms with van der Waals surface area (Å²) in [5, 5.41) is 8.79. The third-order valence-corrected chi connectivity index (χ3v) is 2.94. The molecule has 0 heterocycles. The second kappa shape index (κ2) is 6.74. The molecule has 1 rings (SSSR count). The number of nitrogens with zero attached hydrogens (tertiary/aromatic N) is 1. The Bertz CT molecular complexity index is 472. The van der Waals surface area contributed by atoms with Gasteiger partial charge >= 0.3 is 6.18 Å². The van der Waals surface area contributed by atoms with Crippen LogP contribution in [0.5, 0.6) is 0 Å². The summed E-state index contributed by atoms with van der Waals surface area (Å²) in [6, 6.07) is 5.50. The van der Waals surface area contributed by atoms with Crippen molar-refractivity contribution in [3.63, 3.8) is 0 Å². The molecule has 112 valence electrons. The summed E-state index contributed by atoms with van der Waals surface area (Å²) in [5.41, 5.74) is 2.52. The van der Waals surface area contributed by atoms with E-state index in [1.54, 1.807) is 6.07 Å². The first-order valence-electron chi connectivity index (χ1n) is 6.24. The Hall–Kier alpha value is -1.56. The van der Waals surface area contributed by atoms with E-state index >= 15 is 0 Å². The first kappa shape index (κ1) is 16.5. The van der Waals surface area contributed by atoms with Gasteiger partial charge in [0.25, 0.3) is 0 Å². The lowest BCUT2D eigenvalue weighted by atomic mass is 10.0. The van der Waals surface area contributed by atoms with E-state index in [4.69, 9.17) is 5.11 Å². The average molecular weight is 289 g/mol. The fourth-order valence-electron chi connectivity index (χ4n) is 1.89. The van der Waals surface area contributed by atoms with Gasteiger partial charge in [-0.05, 0) is 25.0 Å². The van der Waals surface area contributed by atoms with Crippen molar-refractivity contribution in [3.05, 3.63) is 34.9 Å². The standard InChI is InChI=1S/C14H18F3NO2/c1-10-3-4-11(2)12(7-10)8-13(20)18(5-6-19)9-14(15,16)17/h3-4,7,19H,5-6,8-9H2,1-2H3. The lowest BCUT2D eigenvalue weighted by Crippen LogP contribution is -2.41. The van der Waals surface area contributed by atoms with Crippen molar-refractivity contribution in [2.45, 2.75) is 26.4 Å². The molecule has 0 spiro atoms. The maximum Gasteiger partial charge on any atom is 0.406 e. The van der Waals surface area contributed by atoms with Gasteiger partial charge in [0.15, 0.2) is 0 Å². The van der Waals surface area contributed by atoms with E-state index in [1.807, 2.05) is 26.0 Å². The van der Waals surface area contributed by atoms with Crippen molar-refractivity contribution in [3.8, 4) is 0 Å². The van der Waals surface area contributed by atoms with Gasteiger partial charge in [0.1, 0.15) is 6.54 Å². The van der Waals surface area contributed by atoms with Crippen LogP contribution in [0, 0.1) is 13.8 Å². The number of hydrogen-bond acceptors (Lipinski definition) is 2. The number of carbonyl (C=O) groups is 1. The van der Waals surface area contributed by atoms with Crippen LogP contribution >= 0.6 is 0 Å². The number of amides is 1. The summed E-state index contributed by atoms with van der Waals surface area (Å²) in [5.74, 6) is -0.634. The van der Waals surface area contributed by atoms with E-state index in [1.165, 1.54) is 0 Å². The number of halogens is 3. The van der Waals surface area contributed by atoms with Gasteiger partial charge in [0.2, 0.25) is 5.91 Å². The van der Waals surface area contributed by atoms with Gasteiger partial charge in [-0.15, -0.1) is 0 Å². The van der Waals surface area contributed by atoms with Gasteiger partial charge in [-0.25, -0.2) is 0 Å². The first-order chi connectivity index (χ1) is 9.23. The van der Waals surface area contributed by atoms with Crippen molar-refractivity contribution in [1.29, 1.82) is 0 Å². The predicted molar refractivity (Wildman–Crippen MR) is 69.3 cm³/mol. The lowest BCUT2D eigenvalue weighted by molar-refractivity contribution is -0.161. The van der Waals surface area contributed by atoms with E-state index in [2.05, 4.69) is 0 Å². The molecule has 0 aliphatic carbocycles. The highest BCUT2D eigenvalue weighted by Crippen LogP contribution is 2.18. The normalized spacial score (nSPS) is 11.5. The Labute approximate surface area is 116 Å². The maximum absolute atomic E-state index is 12.4. The molecule has 0 aromatic heterocycles. The third-order valence-electron chi connectivity index (χ3n) is 2.94. The Morgan fingerprint density at radius 1 is 1.30 bits per heavy atom. The maximum atomic E-state index is 12.4. The van der Waals surface area contributed by atoms with Gasteiger partial charge in [-0.3, -0.25) is 4.79 Å². The van der Waals surface area contributed by atoms with E-state index < -0.39 is 25.2 Å². The summed E-state index contributed by atoms with van der Waals surface area (Å²) in [6.07, 6.45) is -4.56. The van der Waals surface area contributed by atoms with Gasteiger partial charge in [0, 0.05) is 6.54 Å². The van der Waals surface area contributed by atoms with Crippen molar-refractivity contribution < 1.29 is 23.1 Å². The van der Waals surface area contributed by atoms with Crippen molar-refractivity contribution in [2.75, 3.05) is 19.7 Å². The highest BCUT2D eigenvalue weighted by Gasteiger charge is 2.32. The van der Waals surface area contributed by atoms with E-state index in [-0.39, 0.29) is 13.0 Å². The van der Waals surface area contributed by atoms with Crippen LogP contribution < -0.4 is 0 Å².